The topological polar surface area (TPSA) is 42.0 Å². The molecule has 0 aromatic rings. The molecule has 0 aromatic heterocycles. The van der Waals surface area contributed by atoms with Crippen LogP contribution in [0.3, 0.4) is 0 Å². The number of carbonyl (C=O) groups is 1. The summed E-state index contributed by atoms with van der Waals surface area (Å²) in [6.45, 7) is 9.94. The van der Waals surface area contributed by atoms with Crippen LogP contribution < -0.4 is 0 Å². The fraction of sp³-hybridized carbons (Fsp3) is 0.667. The Hall–Kier alpha value is -1.49. The zero-order valence-electron chi connectivity index (χ0n) is 12.8. The van der Waals surface area contributed by atoms with Gasteiger partial charge in [0.05, 0.1) is 19.8 Å². The van der Waals surface area contributed by atoms with E-state index in [0.29, 0.717) is 25.3 Å². The summed E-state index contributed by atoms with van der Waals surface area (Å²) in [6, 6.07) is 0. The monoisotopic (exact) mass is 282 g/mol. The first kappa shape index (κ1) is 16.6. The fourth-order valence-electron chi connectivity index (χ4n) is 1.81. The lowest BCUT2D eigenvalue weighted by Gasteiger charge is -2.24. The molecule has 1 aliphatic rings. The number of rotatable bonds is 9. The van der Waals surface area contributed by atoms with E-state index in [1.807, 2.05) is 19.4 Å². The Bertz CT molecular complexity index is 355. The van der Waals surface area contributed by atoms with Gasteiger partial charge in [0.2, 0.25) is 0 Å². The van der Waals surface area contributed by atoms with Crippen molar-refractivity contribution in [3.63, 3.8) is 0 Å². The van der Waals surface area contributed by atoms with E-state index in [9.17, 15) is 4.79 Å². The minimum atomic E-state index is -0.356. The van der Waals surface area contributed by atoms with Crippen LogP contribution in [-0.4, -0.2) is 55.3 Å². The van der Waals surface area contributed by atoms with E-state index in [2.05, 4.69) is 23.3 Å². The van der Waals surface area contributed by atoms with Crippen molar-refractivity contribution in [2.45, 2.75) is 32.8 Å². The van der Waals surface area contributed by atoms with E-state index in [1.54, 1.807) is 6.92 Å². The predicted molar refractivity (Wildman–Crippen MR) is 78.9 cm³/mol. The van der Waals surface area contributed by atoms with Crippen LogP contribution in [-0.2, 0) is 14.3 Å². The average molecular weight is 282 g/mol. The molecule has 0 amide bonds. The first-order chi connectivity index (χ1) is 9.52. The molecule has 5 heteroatoms. The van der Waals surface area contributed by atoms with Crippen molar-refractivity contribution in [1.82, 2.24) is 9.80 Å². The second-order valence-corrected chi connectivity index (χ2v) is 5.20. The van der Waals surface area contributed by atoms with E-state index in [0.717, 1.165) is 19.5 Å². The van der Waals surface area contributed by atoms with Crippen LogP contribution >= 0.6 is 0 Å². The molecule has 0 bridgehead atoms. The highest BCUT2D eigenvalue weighted by atomic mass is 16.6. The van der Waals surface area contributed by atoms with Crippen molar-refractivity contribution in [3.05, 3.63) is 24.6 Å². The SMILES string of the molecule is C=C(C)C(=O)OC(COCCCC)CN1C=CN(C)C1. The van der Waals surface area contributed by atoms with Crippen molar-refractivity contribution >= 4 is 5.97 Å². The molecule has 20 heavy (non-hydrogen) atoms. The van der Waals surface area contributed by atoms with Crippen LogP contribution in [0.1, 0.15) is 26.7 Å². The maximum absolute atomic E-state index is 11.7. The van der Waals surface area contributed by atoms with Crippen LogP contribution in [0.5, 0.6) is 0 Å². The lowest BCUT2D eigenvalue weighted by molar-refractivity contribution is -0.148. The summed E-state index contributed by atoms with van der Waals surface area (Å²) in [5, 5.41) is 0. The fourth-order valence-corrected chi connectivity index (χ4v) is 1.81. The van der Waals surface area contributed by atoms with Gasteiger partial charge in [-0.1, -0.05) is 19.9 Å². The molecule has 1 unspecified atom stereocenters. The van der Waals surface area contributed by atoms with Gasteiger partial charge >= 0.3 is 5.97 Å². The van der Waals surface area contributed by atoms with Gasteiger partial charge in [-0.25, -0.2) is 4.79 Å². The number of hydrogen-bond donors (Lipinski definition) is 0. The predicted octanol–water partition coefficient (Wildman–Crippen LogP) is 1.97. The Labute approximate surface area is 121 Å². The van der Waals surface area contributed by atoms with Crippen LogP contribution in [0.15, 0.2) is 24.6 Å². The first-order valence-electron chi connectivity index (χ1n) is 7.09. The standard InChI is InChI=1S/C15H26N2O3/c1-5-6-9-19-11-14(20-15(18)13(2)3)10-17-8-7-16(4)12-17/h7-8,14H,2,5-6,9-12H2,1,3-4H3. The van der Waals surface area contributed by atoms with Crippen LogP contribution in [0, 0.1) is 0 Å². The van der Waals surface area contributed by atoms with E-state index < -0.39 is 0 Å². The smallest absolute Gasteiger partial charge is 0.333 e. The molecular weight excluding hydrogens is 256 g/mol. The Morgan fingerprint density at radius 2 is 2.20 bits per heavy atom. The molecule has 1 atom stereocenters. The molecule has 5 nitrogen and oxygen atoms in total. The van der Waals surface area contributed by atoms with Crippen molar-refractivity contribution in [2.24, 2.45) is 0 Å². The van der Waals surface area contributed by atoms with E-state index in [4.69, 9.17) is 9.47 Å². The summed E-state index contributed by atoms with van der Waals surface area (Å²) in [5.41, 5.74) is 0.414. The van der Waals surface area contributed by atoms with Crippen molar-refractivity contribution in [1.29, 1.82) is 0 Å². The van der Waals surface area contributed by atoms with Crippen LogP contribution in [0.2, 0.25) is 0 Å². The normalized spacial score (nSPS) is 15.6. The van der Waals surface area contributed by atoms with Gasteiger partial charge in [0.15, 0.2) is 0 Å². The van der Waals surface area contributed by atoms with Gasteiger partial charge in [0.1, 0.15) is 6.10 Å². The number of hydrogen-bond acceptors (Lipinski definition) is 5. The maximum Gasteiger partial charge on any atom is 0.333 e. The molecule has 0 aromatic carbocycles. The van der Waals surface area contributed by atoms with Gasteiger partial charge in [0.25, 0.3) is 0 Å². The second kappa shape index (κ2) is 8.64. The Balaban J connectivity index is 2.43. The van der Waals surface area contributed by atoms with E-state index in [1.165, 1.54) is 0 Å². The second-order valence-electron chi connectivity index (χ2n) is 5.20. The van der Waals surface area contributed by atoms with E-state index in [-0.39, 0.29) is 12.1 Å². The molecule has 0 saturated carbocycles. The van der Waals surface area contributed by atoms with Gasteiger partial charge in [-0.15, -0.1) is 0 Å². The lowest BCUT2D eigenvalue weighted by Crippen LogP contribution is -2.36. The highest BCUT2D eigenvalue weighted by molar-refractivity contribution is 5.87. The largest absolute Gasteiger partial charge is 0.455 e. The molecule has 1 heterocycles. The zero-order chi connectivity index (χ0) is 15.0. The molecule has 0 fully saturated rings. The van der Waals surface area contributed by atoms with Gasteiger partial charge in [0, 0.05) is 31.6 Å². The third-order valence-electron chi connectivity index (χ3n) is 2.94. The summed E-state index contributed by atoms with van der Waals surface area (Å²) < 4.78 is 11.0. The number of unbranched alkanes of at least 4 members (excludes halogenated alkanes) is 1. The van der Waals surface area contributed by atoms with E-state index >= 15 is 0 Å². The van der Waals surface area contributed by atoms with Crippen LogP contribution in [0.25, 0.3) is 0 Å². The molecule has 0 N–H and O–H groups in total. The summed E-state index contributed by atoms with van der Waals surface area (Å²) in [5.74, 6) is -0.356. The molecule has 114 valence electrons. The maximum atomic E-state index is 11.7. The van der Waals surface area contributed by atoms with Gasteiger partial charge in [-0.2, -0.15) is 0 Å². The van der Waals surface area contributed by atoms with Gasteiger partial charge < -0.3 is 19.3 Å². The summed E-state index contributed by atoms with van der Waals surface area (Å²) >= 11 is 0. The number of esters is 1. The third-order valence-corrected chi connectivity index (χ3v) is 2.94. The quantitative estimate of drug-likeness (QED) is 0.367. The summed E-state index contributed by atoms with van der Waals surface area (Å²) in [7, 11) is 2.00. The van der Waals surface area contributed by atoms with Gasteiger partial charge in [-0.05, 0) is 13.3 Å². The molecule has 1 rings (SSSR count). The van der Waals surface area contributed by atoms with Crippen molar-refractivity contribution < 1.29 is 14.3 Å². The molecule has 1 aliphatic heterocycles. The Kier molecular flexibility index (Phi) is 7.15. The highest BCUT2D eigenvalue weighted by Crippen LogP contribution is 2.08. The molecule has 0 spiro atoms. The minimum Gasteiger partial charge on any atom is -0.455 e. The molecule has 0 radical (unpaired) electrons. The third kappa shape index (κ3) is 6.10. The summed E-state index contributed by atoms with van der Waals surface area (Å²) in [6.07, 6.45) is 5.83. The minimum absolute atomic E-state index is 0.271. The Morgan fingerprint density at radius 3 is 2.75 bits per heavy atom. The first-order valence-corrected chi connectivity index (χ1v) is 7.09. The average Bonchev–Trinajstić information content (AvgIpc) is 2.79. The number of ether oxygens (including phenoxy) is 2. The van der Waals surface area contributed by atoms with Crippen molar-refractivity contribution in [2.75, 3.05) is 33.5 Å². The summed E-state index contributed by atoms with van der Waals surface area (Å²) in [4.78, 5) is 15.8. The Morgan fingerprint density at radius 1 is 1.45 bits per heavy atom. The highest BCUT2D eigenvalue weighted by Gasteiger charge is 2.20. The number of carbonyl (C=O) groups excluding carboxylic acids is 1. The van der Waals surface area contributed by atoms with Crippen LogP contribution in [0.4, 0.5) is 0 Å². The van der Waals surface area contributed by atoms with Gasteiger partial charge in [-0.3, -0.25) is 0 Å². The zero-order valence-corrected chi connectivity index (χ0v) is 12.8. The van der Waals surface area contributed by atoms with Crippen molar-refractivity contribution in [3.8, 4) is 0 Å². The lowest BCUT2D eigenvalue weighted by atomic mass is 10.3. The molecule has 0 aliphatic carbocycles. The molecular formula is C15H26N2O3. The molecule has 0 saturated heterocycles. The number of nitrogens with zero attached hydrogens (tertiary/aromatic N) is 2.